The molecule has 0 spiro atoms. The summed E-state index contributed by atoms with van der Waals surface area (Å²) in [4.78, 5) is 69.4. The summed E-state index contributed by atoms with van der Waals surface area (Å²) in [7, 11) is 2.93. The Morgan fingerprint density at radius 3 is 2.20 bits per heavy atom. The molecule has 3 aliphatic carbocycles. The molecular formula is C30H41N3O8. The van der Waals surface area contributed by atoms with Gasteiger partial charge < -0.3 is 26.4 Å². The Hall–Kier alpha value is -2.99. The van der Waals surface area contributed by atoms with E-state index >= 15 is 0 Å². The molecule has 1 aromatic carbocycles. The van der Waals surface area contributed by atoms with Crippen molar-refractivity contribution >= 4 is 29.0 Å². The number of aliphatic hydroxyl groups excluding tert-OH is 1. The first-order valence-electron chi connectivity index (χ1n) is 13.8. The van der Waals surface area contributed by atoms with Crippen molar-refractivity contribution in [3.63, 3.8) is 0 Å². The maximum atomic E-state index is 14.4. The van der Waals surface area contributed by atoms with Crippen molar-refractivity contribution < 1.29 is 39.3 Å². The van der Waals surface area contributed by atoms with Gasteiger partial charge in [0.2, 0.25) is 5.91 Å². The van der Waals surface area contributed by atoms with E-state index in [1.807, 2.05) is 20.8 Å². The summed E-state index contributed by atoms with van der Waals surface area (Å²) in [6.07, 6.45) is -1.75. The van der Waals surface area contributed by atoms with Gasteiger partial charge in [-0.05, 0) is 31.0 Å². The minimum atomic E-state index is -3.09. The second-order valence-corrected chi connectivity index (χ2v) is 13.8. The van der Waals surface area contributed by atoms with Crippen molar-refractivity contribution in [2.45, 2.75) is 71.8 Å². The Balaban J connectivity index is 1.93. The van der Waals surface area contributed by atoms with E-state index in [-0.39, 0.29) is 23.3 Å². The molecule has 2 unspecified atom stereocenters. The lowest BCUT2D eigenvalue weighted by molar-refractivity contribution is -0.237. The molecule has 8 atom stereocenters. The standard InChI is InChI=1S/C30H41N3O8/c1-13-15-10-9-14(11-32-12-27(2,3)4)19(34)16(15)20(35)18-24(38)30(41)23(37)17(25(31)39)21(36)22(33(7)8)29(30,6)26(40)28(13,18)5/h9-10,13,17-18,22,26,32,34,40-41H,11-12H2,1-8H3,(H2,31,39)/t13-,17?,18?,22+,26-,28+,29+,30+/m0/s1. The minimum absolute atomic E-state index is 0.0379. The smallest absolute Gasteiger partial charge is 0.235 e. The third-order valence-corrected chi connectivity index (χ3v) is 9.89. The number of rotatable bonds is 5. The first-order chi connectivity index (χ1) is 18.7. The quantitative estimate of drug-likeness (QED) is 0.308. The fourth-order valence-corrected chi connectivity index (χ4v) is 7.70. The molecule has 0 radical (unpaired) electrons. The number of carbonyl (C=O) groups is 5. The van der Waals surface area contributed by atoms with E-state index < -0.39 is 75.4 Å². The van der Waals surface area contributed by atoms with Crippen LogP contribution in [0.1, 0.15) is 68.9 Å². The number of Topliss-reactive ketones (excluding diaryl/α,β-unsaturated/α-hetero) is 4. The van der Waals surface area contributed by atoms with E-state index in [0.717, 1.165) is 0 Å². The van der Waals surface area contributed by atoms with Gasteiger partial charge in [-0.1, -0.05) is 53.7 Å². The van der Waals surface area contributed by atoms with Crippen LogP contribution in [0.4, 0.5) is 0 Å². The highest BCUT2D eigenvalue weighted by molar-refractivity contribution is 6.33. The molecule has 0 saturated heterocycles. The second kappa shape index (κ2) is 9.52. The number of aromatic hydroxyl groups is 1. The van der Waals surface area contributed by atoms with Crippen molar-refractivity contribution in [2.75, 3.05) is 20.6 Å². The van der Waals surface area contributed by atoms with Crippen LogP contribution >= 0.6 is 0 Å². The molecule has 2 saturated carbocycles. The van der Waals surface area contributed by atoms with Crippen LogP contribution in [0.2, 0.25) is 0 Å². The minimum Gasteiger partial charge on any atom is -0.507 e. The number of nitrogens with zero attached hydrogens (tertiary/aromatic N) is 1. The molecule has 0 bridgehead atoms. The van der Waals surface area contributed by atoms with Crippen LogP contribution < -0.4 is 11.1 Å². The molecule has 1 aromatic rings. The van der Waals surface area contributed by atoms with Crippen molar-refractivity contribution in [3.05, 3.63) is 28.8 Å². The van der Waals surface area contributed by atoms with E-state index in [2.05, 4.69) is 5.32 Å². The number of phenolic OH excluding ortho intramolecular Hbond substituents is 1. The molecule has 0 heterocycles. The highest BCUT2D eigenvalue weighted by atomic mass is 16.3. The first kappa shape index (κ1) is 31.0. The van der Waals surface area contributed by atoms with Crippen LogP contribution in [0.5, 0.6) is 5.75 Å². The third kappa shape index (κ3) is 3.89. The summed E-state index contributed by atoms with van der Waals surface area (Å²) in [5.41, 5.74) is -0.745. The zero-order valence-electron chi connectivity index (χ0n) is 24.9. The van der Waals surface area contributed by atoms with Gasteiger partial charge in [-0.3, -0.25) is 28.9 Å². The number of nitrogens with two attached hydrogens (primary N) is 1. The summed E-state index contributed by atoms with van der Waals surface area (Å²) in [6, 6.07) is 1.89. The number of likely N-dealkylation sites (N-methyl/N-ethyl adjacent to an activating group) is 1. The lowest BCUT2D eigenvalue weighted by Crippen LogP contribution is -2.84. The average Bonchev–Trinajstić information content (AvgIpc) is 2.84. The van der Waals surface area contributed by atoms with Crippen molar-refractivity contribution in [1.29, 1.82) is 0 Å². The monoisotopic (exact) mass is 571 g/mol. The predicted octanol–water partition coefficient (Wildman–Crippen LogP) is 0.315. The summed E-state index contributed by atoms with van der Waals surface area (Å²) in [6.45, 7) is 11.5. The molecule has 41 heavy (non-hydrogen) atoms. The lowest BCUT2D eigenvalue weighted by Gasteiger charge is -2.65. The fraction of sp³-hybridized carbons (Fsp3) is 0.633. The van der Waals surface area contributed by atoms with Gasteiger partial charge in [-0.2, -0.15) is 0 Å². The number of hydrogen-bond acceptors (Lipinski definition) is 10. The Kier molecular flexibility index (Phi) is 7.19. The maximum absolute atomic E-state index is 14.4. The molecule has 11 heteroatoms. The zero-order valence-corrected chi connectivity index (χ0v) is 24.9. The number of primary amides is 1. The Morgan fingerprint density at radius 1 is 1.10 bits per heavy atom. The third-order valence-electron chi connectivity index (χ3n) is 9.89. The van der Waals surface area contributed by atoms with E-state index in [1.165, 1.54) is 32.8 Å². The van der Waals surface area contributed by atoms with Crippen LogP contribution in [0.3, 0.4) is 0 Å². The molecule has 4 rings (SSSR count). The van der Waals surface area contributed by atoms with Gasteiger partial charge in [0.25, 0.3) is 0 Å². The van der Waals surface area contributed by atoms with Crippen LogP contribution in [-0.2, 0) is 25.7 Å². The predicted molar refractivity (Wildman–Crippen MR) is 148 cm³/mol. The van der Waals surface area contributed by atoms with Gasteiger partial charge in [0.15, 0.2) is 34.7 Å². The van der Waals surface area contributed by atoms with E-state index in [1.54, 1.807) is 19.1 Å². The first-order valence-corrected chi connectivity index (χ1v) is 13.8. The summed E-state index contributed by atoms with van der Waals surface area (Å²) < 4.78 is 0. The number of amides is 1. The van der Waals surface area contributed by atoms with Crippen molar-refractivity contribution in [2.24, 2.45) is 33.8 Å². The molecule has 11 nitrogen and oxygen atoms in total. The summed E-state index contributed by atoms with van der Waals surface area (Å²) in [5.74, 6) is -10.7. The topological polar surface area (TPSA) is 187 Å². The summed E-state index contributed by atoms with van der Waals surface area (Å²) in [5, 5.41) is 38.7. The van der Waals surface area contributed by atoms with E-state index in [0.29, 0.717) is 17.7 Å². The number of fused-ring (bicyclic) bond motifs is 3. The number of carbonyl (C=O) groups excluding carboxylic acids is 5. The molecule has 6 N–H and O–H groups in total. The Bertz CT molecular complexity index is 1370. The van der Waals surface area contributed by atoms with Gasteiger partial charge in [0.05, 0.1) is 29.0 Å². The SMILES string of the molecule is C[C@H]1c2ccc(CNCC(C)(C)C)c(O)c2C(=O)C2C(=O)[C@]3(O)C(=O)C(C(N)=O)C(=O)[C@@H](N(C)C)[C@]3(C)[C@@H](O)[C@@]21C. The van der Waals surface area contributed by atoms with Gasteiger partial charge in [0, 0.05) is 24.1 Å². The van der Waals surface area contributed by atoms with E-state index in [4.69, 9.17) is 5.73 Å². The lowest BCUT2D eigenvalue weighted by atomic mass is 9.39. The Labute approximate surface area is 239 Å². The maximum Gasteiger partial charge on any atom is 0.235 e. The molecule has 224 valence electrons. The second-order valence-electron chi connectivity index (χ2n) is 13.8. The molecule has 0 aliphatic heterocycles. The molecule has 2 fully saturated rings. The van der Waals surface area contributed by atoms with Crippen LogP contribution in [0, 0.1) is 28.1 Å². The molecule has 3 aliphatic rings. The highest BCUT2D eigenvalue weighted by Crippen LogP contribution is 2.65. The average molecular weight is 572 g/mol. The number of hydrogen-bond donors (Lipinski definition) is 5. The fourth-order valence-electron chi connectivity index (χ4n) is 7.70. The van der Waals surface area contributed by atoms with Crippen molar-refractivity contribution in [1.82, 2.24) is 10.2 Å². The largest absolute Gasteiger partial charge is 0.507 e. The van der Waals surface area contributed by atoms with Crippen LogP contribution in [0.25, 0.3) is 0 Å². The Morgan fingerprint density at radius 2 is 1.68 bits per heavy atom. The van der Waals surface area contributed by atoms with Gasteiger partial charge in [-0.25, -0.2) is 0 Å². The van der Waals surface area contributed by atoms with Gasteiger partial charge >= 0.3 is 0 Å². The van der Waals surface area contributed by atoms with Crippen LogP contribution in [-0.4, -0.2) is 87.6 Å². The van der Waals surface area contributed by atoms with Gasteiger partial charge in [0.1, 0.15) is 5.75 Å². The number of phenols is 1. The molecular weight excluding hydrogens is 530 g/mol. The van der Waals surface area contributed by atoms with Gasteiger partial charge in [-0.15, -0.1) is 0 Å². The van der Waals surface area contributed by atoms with Crippen molar-refractivity contribution in [3.8, 4) is 5.75 Å². The van der Waals surface area contributed by atoms with Crippen LogP contribution in [0.15, 0.2) is 12.1 Å². The molecule has 0 aromatic heterocycles. The molecule has 1 amide bonds. The number of benzene rings is 1. The summed E-state index contributed by atoms with van der Waals surface area (Å²) >= 11 is 0. The normalized spacial score (nSPS) is 37.1. The van der Waals surface area contributed by atoms with E-state index in [9.17, 15) is 39.3 Å². The number of nitrogens with one attached hydrogen (secondary N) is 1. The zero-order chi connectivity index (χ0) is 31.2. The number of ketones is 4. The highest BCUT2D eigenvalue weighted by Gasteiger charge is 2.81. The number of aliphatic hydroxyl groups is 2.